The minimum atomic E-state index is -4.89. The van der Waals surface area contributed by atoms with Crippen molar-refractivity contribution >= 4 is 33.9 Å². The molecule has 6 rings (SSSR count). The number of hydrogen-bond donors (Lipinski definition) is 2. The molecule has 4 atom stereocenters. The normalized spacial score (nSPS) is 22.7. The molecule has 0 radical (unpaired) electrons. The molecule has 0 spiro atoms. The van der Waals surface area contributed by atoms with E-state index in [9.17, 15) is 26.3 Å². The lowest BCUT2D eigenvalue weighted by Crippen LogP contribution is -2.53. The van der Waals surface area contributed by atoms with Gasteiger partial charge in [0.25, 0.3) is 0 Å². The molecule has 3 aromatic rings. The Labute approximate surface area is 228 Å². The number of nitrogens with one attached hydrogen (secondary N) is 1. The third kappa shape index (κ3) is 7.19. The second-order valence-electron chi connectivity index (χ2n) is 10.1. The highest BCUT2D eigenvalue weighted by atomic mass is 32.1. The smallest absolute Gasteiger partial charge is 0.376 e. The lowest BCUT2D eigenvalue weighted by molar-refractivity contribution is -0.143. The van der Waals surface area contributed by atoms with E-state index < -0.39 is 34.3 Å². The fourth-order valence-corrected chi connectivity index (χ4v) is 5.80. The summed E-state index contributed by atoms with van der Waals surface area (Å²) in [5, 5.41) is 2.95. The highest BCUT2D eigenvalue weighted by Gasteiger charge is 2.39. The molecule has 3 fully saturated rings. The van der Waals surface area contributed by atoms with Crippen LogP contribution in [0.3, 0.4) is 0 Å². The minimum Gasteiger partial charge on any atom is -0.376 e. The fraction of sp³-hybridized carbons (Fsp3) is 0.429. The minimum absolute atomic E-state index is 0.0186. The molecule has 210 valence electrons. The molecule has 0 aliphatic carbocycles. The van der Waals surface area contributed by atoms with Crippen LogP contribution in [0.1, 0.15) is 42.9 Å². The number of aromatic nitrogens is 1. The molecule has 39 heavy (non-hydrogen) atoms. The van der Waals surface area contributed by atoms with Gasteiger partial charge >= 0.3 is 12.4 Å². The predicted molar refractivity (Wildman–Crippen MR) is 144 cm³/mol. The summed E-state index contributed by atoms with van der Waals surface area (Å²) >= 11 is 4.36. The Morgan fingerprint density at radius 3 is 2.28 bits per heavy atom. The van der Waals surface area contributed by atoms with Crippen molar-refractivity contribution in [3.05, 3.63) is 71.4 Å². The van der Waals surface area contributed by atoms with Crippen molar-refractivity contribution in [2.45, 2.75) is 51.0 Å². The molecular formula is C28H30F6N4S. The number of para-hydroxylation sites is 1. The molecule has 3 saturated heterocycles. The number of fused-ring (bicyclic) bond motifs is 4. The van der Waals surface area contributed by atoms with Crippen LogP contribution in [-0.4, -0.2) is 34.1 Å². The number of halogens is 6. The number of alkyl halides is 6. The van der Waals surface area contributed by atoms with E-state index in [-0.39, 0.29) is 6.07 Å². The molecule has 0 saturated carbocycles. The predicted octanol–water partition coefficient (Wildman–Crippen LogP) is 7.28. The Kier molecular flexibility index (Phi) is 8.70. The average Bonchev–Trinajstić information content (AvgIpc) is 2.88. The van der Waals surface area contributed by atoms with Gasteiger partial charge in [-0.1, -0.05) is 31.5 Å². The van der Waals surface area contributed by atoms with Crippen LogP contribution in [0.2, 0.25) is 0 Å². The maximum absolute atomic E-state index is 12.4. The van der Waals surface area contributed by atoms with Crippen LogP contribution in [0.25, 0.3) is 10.9 Å². The maximum atomic E-state index is 12.4. The van der Waals surface area contributed by atoms with E-state index in [0.29, 0.717) is 12.1 Å². The van der Waals surface area contributed by atoms with Crippen molar-refractivity contribution in [2.24, 2.45) is 17.6 Å². The Morgan fingerprint density at radius 1 is 1.05 bits per heavy atom. The van der Waals surface area contributed by atoms with Gasteiger partial charge < -0.3 is 11.1 Å². The fourth-order valence-electron chi connectivity index (χ4n) is 5.68. The molecule has 3 aliphatic heterocycles. The Morgan fingerprint density at radius 2 is 1.72 bits per heavy atom. The molecule has 4 nitrogen and oxygen atoms in total. The van der Waals surface area contributed by atoms with E-state index in [2.05, 4.69) is 59.4 Å². The summed E-state index contributed by atoms with van der Waals surface area (Å²) in [7, 11) is 0. The van der Waals surface area contributed by atoms with Gasteiger partial charge in [0.05, 0.1) is 16.6 Å². The zero-order valence-electron chi connectivity index (χ0n) is 21.3. The summed E-state index contributed by atoms with van der Waals surface area (Å²) in [5.41, 5.74) is 4.28. The number of benzene rings is 2. The van der Waals surface area contributed by atoms with Crippen LogP contribution >= 0.6 is 12.2 Å². The van der Waals surface area contributed by atoms with Gasteiger partial charge in [-0.15, -0.1) is 0 Å². The summed E-state index contributed by atoms with van der Waals surface area (Å²) in [6.45, 7) is 5.00. The van der Waals surface area contributed by atoms with E-state index in [0.717, 1.165) is 23.4 Å². The first-order chi connectivity index (χ1) is 18.3. The largest absolute Gasteiger partial charge is 0.416 e. The summed E-state index contributed by atoms with van der Waals surface area (Å²) in [6.07, 6.45) is -2.45. The SMILES string of the molecule is CCC1CN2CCC1CC2Cc1ccnc2ccccc12.NC(=S)Nc1cc(C(F)(F)F)cc(C(F)(F)F)c1. The van der Waals surface area contributed by atoms with Gasteiger partial charge in [-0.3, -0.25) is 9.88 Å². The van der Waals surface area contributed by atoms with Crippen molar-refractivity contribution in [3.8, 4) is 0 Å². The third-order valence-corrected chi connectivity index (χ3v) is 7.69. The van der Waals surface area contributed by atoms with Crippen LogP contribution in [0.15, 0.2) is 54.7 Å². The van der Waals surface area contributed by atoms with Gasteiger partial charge in [0.15, 0.2) is 5.11 Å². The van der Waals surface area contributed by atoms with Gasteiger partial charge in [0.2, 0.25) is 0 Å². The summed E-state index contributed by atoms with van der Waals surface area (Å²) in [5.74, 6) is 1.92. The van der Waals surface area contributed by atoms with Crippen molar-refractivity contribution in [3.63, 3.8) is 0 Å². The van der Waals surface area contributed by atoms with Gasteiger partial charge in [-0.2, -0.15) is 26.3 Å². The first-order valence-corrected chi connectivity index (χ1v) is 13.2. The van der Waals surface area contributed by atoms with Gasteiger partial charge in [-0.25, -0.2) is 0 Å². The van der Waals surface area contributed by atoms with Gasteiger partial charge in [0, 0.05) is 29.9 Å². The lowest BCUT2D eigenvalue weighted by atomic mass is 9.73. The second-order valence-corrected chi connectivity index (χ2v) is 10.5. The van der Waals surface area contributed by atoms with E-state index in [4.69, 9.17) is 5.73 Å². The van der Waals surface area contributed by atoms with Gasteiger partial charge in [-0.05, 0) is 85.8 Å². The Bertz CT molecular complexity index is 1270. The second kappa shape index (κ2) is 11.7. The molecule has 4 unspecified atom stereocenters. The van der Waals surface area contributed by atoms with Crippen LogP contribution in [0.4, 0.5) is 32.0 Å². The molecule has 11 heteroatoms. The number of thiocarbonyl (C=S) groups is 1. The van der Waals surface area contributed by atoms with E-state index in [1.807, 2.05) is 11.5 Å². The van der Waals surface area contributed by atoms with Gasteiger partial charge in [0.1, 0.15) is 0 Å². The number of anilines is 1. The quantitative estimate of drug-likeness (QED) is 0.256. The highest BCUT2D eigenvalue weighted by Crippen LogP contribution is 2.39. The van der Waals surface area contributed by atoms with Crippen molar-refractivity contribution in [1.82, 2.24) is 9.88 Å². The number of pyridine rings is 1. The van der Waals surface area contributed by atoms with E-state index >= 15 is 0 Å². The number of hydrogen-bond acceptors (Lipinski definition) is 3. The van der Waals surface area contributed by atoms with Crippen molar-refractivity contribution in [2.75, 3.05) is 18.4 Å². The zero-order chi connectivity index (χ0) is 28.4. The first kappa shape index (κ1) is 29.1. The number of nitrogens with two attached hydrogens (primary N) is 1. The maximum Gasteiger partial charge on any atom is 0.416 e. The molecule has 2 bridgehead atoms. The van der Waals surface area contributed by atoms with Crippen molar-refractivity contribution < 1.29 is 26.3 Å². The van der Waals surface area contributed by atoms with Crippen molar-refractivity contribution in [1.29, 1.82) is 0 Å². The van der Waals surface area contributed by atoms with Crippen LogP contribution in [-0.2, 0) is 18.8 Å². The van der Waals surface area contributed by atoms with E-state index in [1.165, 1.54) is 49.7 Å². The first-order valence-electron chi connectivity index (χ1n) is 12.8. The standard InChI is InChI=1S/C19H24N2.C9H6F6N2S/c1-2-14-13-21-10-8-15(14)11-17(21)12-16-7-9-20-19-6-4-3-5-18(16)19;10-8(11,12)4-1-5(9(13,14)15)3-6(2-4)17-7(16)18/h3-7,9,14-15,17H,2,8,10-13H2,1H3;1-3H,(H3,16,17,18). The Balaban J connectivity index is 0.000000184. The lowest BCUT2D eigenvalue weighted by Gasteiger charge is -2.50. The zero-order valence-corrected chi connectivity index (χ0v) is 22.1. The average molecular weight is 569 g/mol. The number of nitrogens with zero attached hydrogens (tertiary/aromatic N) is 2. The monoisotopic (exact) mass is 568 g/mol. The molecule has 4 heterocycles. The Hall–Kier alpha value is -2.92. The molecule has 3 aliphatic rings. The molecular weight excluding hydrogens is 538 g/mol. The molecule has 3 N–H and O–H groups in total. The molecule has 1 aromatic heterocycles. The topological polar surface area (TPSA) is 54.2 Å². The summed E-state index contributed by atoms with van der Waals surface area (Å²) in [4.78, 5) is 7.25. The summed E-state index contributed by atoms with van der Waals surface area (Å²) in [6, 6.07) is 12.5. The summed E-state index contributed by atoms with van der Waals surface area (Å²) < 4.78 is 74.5. The highest BCUT2D eigenvalue weighted by molar-refractivity contribution is 7.80. The van der Waals surface area contributed by atoms with E-state index in [1.54, 1.807) is 0 Å². The van der Waals surface area contributed by atoms with Crippen LogP contribution in [0, 0.1) is 11.8 Å². The van der Waals surface area contributed by atoms with Crippen LogP contribution < -0.4 is 11.1 Å². The van der Waals surface area contributed by atoms with Crippen LogP contribution in [0.5, 0.6) is 0 Å². The molecule has 2 aromatic carbocycles. The number of piperidine rings is 3. The molecule has 0 amide bonds. The number of rotatable bonds is 4. The third-order valence-electron chi connectivity index (χ3n) is 7.59.